The molecule has 3 aromatic rings. The summed E-state index contributed by atoms with van der Waals surface area (Å²) in [4.78, 5) is 12.4. The quantitative estimate of drug-likeness (QED) is 0.497. The lowest BCUT2D eigenvalue weighted by molar-refractivity contribution is -0.112. The third kappa shape index (κ3) is 4.11. The summed E-state index contributed by atoms with van der Waals surface area (Å²) < 4.78 is 2.04. The van der Waals surface area contributed by atoms with Gasteiger partial charge in [0.15, 0.2) is 0 Å². The van der Waals surface area contributed by atoms with Gasteiger partial charge in [0.2, 0.25) is 0 Å². The average Bonchev–Trinajstić information content (AvgIpc) is 2.93. The molecule has 0 radical (unpaired) electrons. The molecule has 5 heteroatoms. The Morgan fingerprint density at radius 1 is 1.11 bits per heavy atom. The Morgan fingerprint density at radius 3 is 2.52 bits per heavy atom. The molecule has 3 rings (SSSR count). The molecule has 0 aliphatic heterocycles. The maximum absolute atomic E-state index is 12.4. The smallest absolute Gasteiger partial charge is 0.266 e. The number of aromatic nitrogens is 1. The van der Waals surface area contributed by atoms with E-state index < -0.39 is 5.91 Å². The molecule has 1 aromatic heterocycles. The van der Waals surface area contributed by atoms with Gasteiger partial charge in [-0.3, -0.25) is 4.79 Å². The van der Waals surface area contributed by atoms with E-state index in [0.29, 0.717) is 10.7 Å². The molecular weight excluding hydrogens is 358 g/mol. The molecule has 0 saturated carbocycles. The van der Waals surface area contributed by atoms with Gasteiger partial charge >= 0.3 is 0 Å². The monoisotopic (exact) mass is 375 g/mol. The van der Waals surface area contributed by atoms with Gasteiger partial charge in [-0.2, -0.15) is 5.26 Å². The van der Waals surface area contributed by atoms with E-state index in [-0.39, 0.29) is 5.57 Å². The van der Waals surface area contributed by atoms with Crippen molar-refractivity contribution in [3.63, 3.8) is 0 Å². The van der Waals surface area contributed by atoms with E-state index in [1.54, 1.807) is 18.2 Å². The zero-order valence-electron chi connectivity index (χ0n) is 15.0. The molecule has 0 atom stereocenters. The number of nitrogens with zero attached hydrogens (tertiary/aromatic N) is 2. The van der Waals surface area contributed by atoms with E-state index in [1.165, 1.54) is 0 Å². The van der Waals surface area contributed by atoms with Gasteiger partial charge in [0.1, 0.15) is 11.6 Å². The summed E-state index contributed by atoms with van der Waals surface area (Å²) in [6.45, 7) is 3.92. The van der Waals surface area contributed by atoms with Crippen LogP contribution in [0, 0.1) is 25.2 Å². The van der Waals surface area contributed by atoms with Crippen molar-refractivity contribution in [1.29, 1.82) is 5.26 Å². The zero-order chi connectivity index (χ0) is 19.4. The van der Waals surface area contributed by atoms with Gasteiger partial charge in [0.25, 0.3) is 5.91 Å². The summed E-state index contributed by atoms with van der Waals surface area (Å²) >= 11 is 6.11. The van der Waals surface area contributed by atoms with E-state index in [9.17, 15) is 10.1 Å². The van der Waals surface area contributed by atoms with Crippen molar-refractivity contribution in [2.45, 2.75) is 13.8 Å². The van der Waals surface area contributed by atoms with Crippen LogP contribution in [0.25, 0.3) is 11.8 Å². The number of benzene rings is 2. The Balaban J connectivity index is 1.95. The number of rotatable bonds is 4. The standard InChI is InChI=1S/C22H18ClN3O/c1-15-11-17(16(2)26(15)21-10-6-7-19(23)13-21)12-18(14-24)22(27)25-20-8-4-3-5-9-20/h3-13H,1-2H3,(H,25,27)/b18-12-. The second-order valence-corrected chi connectivity index (χ2v) is 6.57. The molecule has 27 heavy (non-hydrogen) atoms. The van der Waals surface area contributed by atoms with E-state index in [4.69, 9.17) is 11.6 Å². The van der Waals surface area contributed by atoms with Crippen molar-refractivity contribution in [2.75, 3.05) is 5.32 Å². The maximum Gasteiger partial charge on any atom is 0.266 e. The van der Waals surface area contributed by atoms with Crippen molar-refractivity contribution in [1.82, 2.24) is 4.57 Å². The van der Waals surface area contributed by atoms with Gasteiger partial charge in [0.05, 0.1) is 0 Å². The summed E-state index contributed by atoms with van der Waals surface area (Å²) in [5.41, 5.74) is 4.35. The van der Waals surface area contributed by atoms with E-state index >= 15 is 0 Å². The van der Waals surface area contributed by atoms with Crippen molar-refractivity contribution in [2.24, 2.45) is 0 Å². The fraction of sp³-hybridized carbons (Fsp3) is 0.0909. The third-order valence-electron chi connectivity index (χ3n) is 4.23. The van der Waals surface area contributed by atoms with Crippen LogP contribution in [0.5, 0.6) is 0 Å². The molecule has 0 fully saturated rings. The van der Waals surface area contributed by atoms with Crippen molar-refractivity contribution in [3.05, 3.63) is 88.2 Å². The summed E-state index contributed by atoms with van der Waals surface area (Å²) in [7, 11) is 0. The summed E-state index contributed by atoms with van der Waals surface area (Å²) in [6, 6.07) is 20.6. The van der Waals surface area contributed by atoms with Crippen molar-refractivity contribution in [3.8, 4) is 11.8 Å². The van der Waals surface area contributed by atoms with Crippen LogP contribution < -0.4 is 5.32 Å². The van der Waals surface area contributed by atoms with Gasteiger partial charge in [-0.25, -0.2) is 0 Å². The molecular formula is C22H18ClN3O. The highest BCUT2D eigenvalue weighted by molar-refractivity contribution is 6.30. The lowest BCUT2D eigenvalue weighted by Gasteiger charge is -2.10. The van der Waals surface area contributed by atoms with Gasteiger partial charge in [-0.15, -0.1) is 0 Å². The molecule has 0 unspecified atom stereocenters. The van der Waals surface area contributed by atoms with Crippen molar-refractivity contribution < 1.29 is 4.79 Å². The van der Waals surface area contributed by atoms with Crippen LogP contribution in [0.4, 0.5) is 5.69 Å². The second-order valence-electron chi connectivity index (χ2n) is 6.13. The van der Waals surface area contributed by atoms with Gasteiger partial charge in [-0.05, 0) is 61.9 Å². The van der Waals surface area contributed by atoms with Gasteiger partial charge in [-0.1, -0.05) is 35.9 Å². The largest absolute Gasteiger partial charge is 0.321 e. The molecule has 2 aromatic carbocycles. The van der Waals surface area contributed by atoms with Crippen LogP contribution in [0.1, 0.15) is 17.0 Å². The van der Waals surface area contributed by atoms with E-state index in [0.717, 1.165) is 22.6 Å². The molecule has 1 N–H and O–H groups in total. The number of nitriles is 1. The first-order valence-electron chi connectivity index (χ1n) is 8.42. The molecule has 0 spiro atoms. The van der Waals surface area contributed by atoms with E-state index in [2.05, 4.69) is 5.32 Å². The number of halogens is 1. The Morgan fingerprint density at radius 2 is 1.85 bits per heavy atom. The van der Waals surface area contributed by atoms with E-state index in [1.807, 2.05) is 73.0 Å². The average molecular weight is 376 g/mol. The minimum atomic E-state index is -0.434. The summed E-state index contributed by atoms with van der Waals surface area (Å²) in [6.07, 6.45) is 1.61. The number of anilines is 1. The number of hydrogen-bond acceptors (Lipinski definition) is 2. The first kappa shape index (κ1) is 18.5. The lowest BCUT2D eigenvalue weighted by Crippen LogP contribution is -2.13. The predicted molar refractivity (Wildman–Crippen MR) is 109 cm³/mol. The second kappa shape index (κ2) is 7.94. The number of carbonyl (C=O) groups is 1. The lowest BCUT2D eigenvalue weighted by atomic mass is 10.1. The number of para-hydroxylation sites is 1. The summed E-state index contributed by atoms with van der Waals surface area (Å²) in [5, 5.41) is 12.8. The highest BCUT2D eigenvalue weighted by Gasteiger charge is 2.14. The first-order valence-corrected chi connectivity index (χ1v) is 8.80. The minimum absolute atomic E-state index is 0.0465. The van der Waals surface area contributed by atoms with Crippen LogP contribution in [0.15, 0.2) is 66.2 Å². The molecule has 0 bridgehead atoms. The Hall–Kier alpha value is -3.29. The molecule has 0 aliphatic carbocycles. The Labute approximate surface area is 163 Å². The minimum Gasteiger partial charge on any atom is -0.321 e. The fourth-order valence-corrected chi connectivity index (χ4v) is 3.15. The van der Waals surface area contributed by atoms with Crippen LogP contribution in [-0.4, -0.2) is 10.5 Å². The number of hydrogen-bond donors (Lipinski definition) is 1. The van der Waals surface area contributed by atoms with Gasteiger partial charge < -0.3 is 9.88 Å². The predicted octanol–water partition coefficient (Wildman–Crippen LogP) is 5.29. The van der Waals surface area contributed by atoms with Crippen LogP contribution in [0.3, 0.4) is 0 Å². The molecule has 1 amide bonds. The van der Waals surface area contributed by atoms with Crippen LogP contribution >= 0.6 is 11.6 Å². The zero-order valence-corrected chi connectivity index (χ0v) is 15.8. The summed E-state index contributed by atoms with van der Waals surface area (Å²) in [5.74, 6) is -0.434. The maximum atomic E-state index is 12.4. The number of aryl methyl sites for hydroxylation is 1. The number of nitrogens with one attached hydrogen (secondary N) is 1. The first-order chi connectivity index (χ1) is 13.0. The Bertz CT molecular complexity index is 1060. The normalized spacial score (nSPS) is 11.1. The molecule has 134 valence electrons. The van der Waals surface area contributed by atoms with Gasteiger partial charge in [0, 0.05) is 27.8 Å². The number of carbonyl (C=O) groups excluding carboxylic acids is 1. The van der Waals surface area contributed by atoms with Crippen LogP contribution in [0.2, 0.25) is 5.02 Å². The Kier molecular flexibility index (Phi) is 5.44. The molecule has 1 heterocycles. The SMILES string of the molecule is Cc1cc(/C=C(/C#N)C(=O)Nc2ccccc2)c(C)n1-c1cccc(Cl)c1. The highest BCUT2D eigenvalue weighted by Crippen LogP contribution is 2.24. The van der Waals surface area contributed by atoms with Crippen molar-refractivity contribution >= 4 is 29.3 Å². The topological polar surface area (TPSA) is 57.8 Å². The highest BCUT2D eigenvalue weighted by atomic mass is 35.5. The third-order valence-corrected chi connectivity index (χ3v) is 4.47. The van der Waals surface area contributed by atoms with Crippen LogP contribution in [-0.2, 0) is 4.79 Å². The number of amides is 1. The fourth-order valence-electron chi connectivity index (χ4n) is 2.97. The molecule has 0 aliphatic rings. The molecule has 4 nitrogen and oxygen atoms in total. The molecule has 0 saturated heterocycles.